The number of benzene rings is 3. The van der Waals surface area contributed by atoms with Crippen LogP contribution >= 0.6 is 0 Å². The molecule has 0 fully saturated rings. The van der Waals surface area contributed by atoms with Crippen molar-refractivity contribution in [2.45, 2.75) is 38.3 Å². The van der Waals surface area contributed by atoms with E-state index in [2.05, 4.69) is 24.1 Å². The lowest BCUT2D eigenvalue weighted by atomic mass is 9.79. The van der Waals surface area contributed by atoms with Gasteiger partial charge in [-0.15, -0.1) is 0 Å². The summed E-state index contributed by atoms with van der Waals surface area (Å²) in [6.07, 6.45) is 0.724. The third kappa shape index (κ3) is 4.69. The van der Waals surface area contributed by atoms with Crippen molar-refractivity contribution in [1.82, 2.24) is 20.2 Å². The number of H-pyrrole nitrogens is 1. The van der Waals surface area contributed by atoms with Gasteiger partial charge in [-0.25, -0.2) is 4.98 Å². The second kappa shape index (κ2) is 10.1. The van der Waals surface area contributed by atoms with Crippen LogP contribution in [0.4, 0.5) is 0 Å². The number of ether oxygens (including phenoxy) is 1. The molecule has 1 aliphatic heterocycles. The number of para-hydroxylation sites is 2. The highest BCUT2D eigenvalue weighted by Gasteiger charge is 2.43. The van der Waals surface area contributed by atoms with Gasteiger partial charge in [0.05, 0.1) is 36.1 Å². The number of amides is 2. The van der Waals surface area contributed by atoms with E-state index in [1.54, 1.807) is 25.1 Å². The smallest absolute Gasteiger partial charge is 0.254 e. The van der Waals surface area contributed by atoms with E-state index < -0.39 is 12.0 Å². The molecule has 4 aromatic rings. The molecule has 2 N–H and O–H groups in total. The minimum absolute atomic E-state index is 0.100. The number of carbonyl (C=O) groups is 2. The van der Waals surface area contributed by atoms with Gasteiger partial charge in [0.2, 0.25) is 5.91 Å². The molecule has 0 bridgehead atoms. The second-order valence-corrected chi connectivity index (χ2v) is 10.0. The van der Waals surface area contributed by atoms with Crippen LogP contribution in [0.3, 0.4) is 0 Å². The molecule has 0 saturated carbocycles. The third-order valence-corrected chi connectivity index (χ3v) is 7.08. The van der Waals surface area contributed by atoms with E-state index in [1.165, 1.54) is 0 Å². The van der Waals surface area contributed by atoms with E-state index in [-0.39, 0.29) is 17.9 Å². The number of aromatic nitrogens is 2. The van der Waals surface area contributed by atoms with Crippen LogP contribution in [0.25, 0.3) is 11.0 Å². The molecule has 0 radical (unpaired) electrons. The quantitative estimate of drug-likeness (QED) is 0.359. The van der Waals surface area contributed by atoms with Crippen LogP contribution in [0.5, 0.6) is 5.75 Å². The van der Waals surface area contributed by atoms with Gasteiger partial charge in [0.15, 0.2) is 0 Å². The van der Waals surface area contributed by atoms with Crippen molar-refractivity contribution in [3.8, 4) is 5.75 Å². The highest BCUT2D eigenvalue weighted by atomic mass is 16.5. The fourth-order valence-corrected chi connectivity index (χ4v) is 5.28. The molecule has 1 aromatic heterocycles. The van der Waals surface area contributed by atoms with E-state index in [4.69, 9.17) is 9.72 Å². The van der Waals surface area contributed by atoms with Gasteiger partial charge in [-0.05, 0) is 53.8 Å². The Bertz CT molecular complexity index is 1390. The number of rotatable bonds is 7. The number of carbonyl (C=O) groups excluding carboxylic acids is 2. The molecule has 0 saturated heterocycles. The number of imidazole rings is 1. The van der Waals surface area contributed by atoms with Gasteiger partial charge >= 0.3 is 0 Å². The zero-order valence-electron chi connectivity index (χ0n) is 21.6. The Labute approximate surface area is 216 Å². The van der Waals surface area contributed by atoms with Crippen molar-refractivity contribution in [1.29, 1.82) is 0 Å². The van der Waals surface area contributed by atoms with Crippen LogP contribution in [0.2, 0.25) is 0 Å². The number of nitrogens with one attached hydrogen (secondary N) is 2. The van der Waals surface area contributed by atoms with Crippen molar-refractivity contribution >= 4 is 22.8 Å². The predicted octanol–water partition coefficient (Wildman–Crippen LogP) is 5.39. The highest BCUT2D eigenvalue weighted by molar-refractivity contribution is 6.01. The Morgan fingerprint density at radius 3 is 2.46 bits per heavy atom. The maximum atomic E-state index is 14.2. The summed E-state index contributed by atoms with van der Waals surface area (Å²) in [6, 6.07) is 22.1. The first-order chi connectivity index (χ1) is 17.9. The normalized spacial score (nSPS) is 18.1. The van der Waals surface area contributed by atoms with E-state index in [0.717, 1.165) is 40.2 Å². The second-order valence-electron chi connectivity index (χ2n) is 10.0. The maximum absolute atomic E-state index is 14.2. The first-order valence-electron chi connectivity index (χ1n) is 12.6. The number of hydrogen-bond donors (Lipinski definition) is 2. The first kappa shape index (κ1) is 24.6. The molecule has 2 heterocycles. The van der Waals surface area contributed by atoms with E-state index in [1.807, 2.05) is 66.7 Å². The zero-order valence-corrected chi connectivity index (χ0v) is 21.6. The number of aromatic amines is 1. The molecule has 0 spiro atoms. The van der Waals surface area contributed by atoms with Gasteiger partial charge in [0.1, 0.15) is 11.6 Å². The van der Waals surface area contributed by atoms with Crippen LogP contribution in [0, 0.1) is 5.92 Å². The first-order valence-corrected chi connectivity index (χ1v) is 12.6. The van der Waals surface area contributed by atoms with Gasteiger partial charge in [-0.1, -0.05) is 56.3 Å². The standard InChI is InChI=1S/C30H32N4O3/c1-18(2)17-25(28-31-23-11-7-8-12-24(23)32-28)33-29(35)26-21-9-5-6-10-22(21)30(36)34(3)27(26)19-13-15-20(37-4)16-14-19/h5-16,18,25-27H,17H2,1-4H3,(H,31,32)(H,33,35)/t25-,26+,27-/m0/s1. The Kier molecular flexibility index (Phi) is 6.70. The Hall–Kier alpha value is -4.13. The van der Waals surface area contributed by atoms with Gasteiger partial charge in [0, 0.05) is 12.6 Å². The lowest BCUT2D eigenvalue weighted by molar-refractivity contribution is -0.125. The maximum Gasteiger partial charge on any atom is 0.254 e. The molecule has 190 valence electrons. The fourth-order valence-electron chi connectivity index (χ4n) is 5.28. The van der Waals surface area contributed by atoms with Gasteiger partial charge in [-0.3, -0.25) is 9.59 Å². The molecule has 7 nitrogen and oxygen atoms in total. The molecule has 1 aliphatic rings. The van der Waals surface area contributed by atoms with E-state index in [9.17, 15) is 9.59 Å². The summed E-state index contributed by atoms with van der Waals surface area (Å²) in [5.41, 5.74) is 3.96. The van der Waals surface area contributed by atoms with E-state index >= 15 is 0 Å². The minimum Gasteiger partial charge on any atom is -0.497 e. The molecule has 0 aliphatic carbocycles. The monoisotopic (exact) mass is 496 g/mol. The lowest BCUT2D eigenvalue weighted by Gasteiger charge is -2.40. The summed E-state index contributed by atoms with van der Waals surface area (Å²) >= 11 is 0. The summed E-state index contributed by atoms with van der Waals surface area (Å²) in [5.74, 6) is 0.954. The lowest BCUT2D eigenvalue weighted by Crippen LogP contribution is -2.46. The minimum atomic E-state index is -0.591. The van der Waals surface area contributed by atoms with Crippen LogP contribution in [-0.4, -0.2) is 40.8 Å². The average Bonchev–Trinajstić information content (AvgIpc) is 3.34. The van der Waals surface area contributed by atoms with Crippen LogP contribution in [0.1, 0.15) is 65.6 Å². The SMILES string of the molecule is COc1ccc([C@H]2[C@H](C(=O)N[C@@H](CC(C)C)c3nc4ccccc4[nH]3)c3ccccc3C(=O)N2C)cc1. The largest absolute Gasteiger partial charge is 0.497 e. The molecule has 5 rings (SSSR count). The topological polar surface area (TPSA) is 87.3 Å². The molecule has 2 amide bonds. The van der Waals surface area contributed by atoms with Crippen LogP contribution in [0.15, 0.2) is 72.8 Å². The number of nitrogens with zero attached hydrogens (tertiary/aromatic N) is 2. The number of hydrogen-bond acceptors (Lipinski definition) is 4. The highest BCUT2D eigenvalue weighted by Crippen LogP contribution is 2.42. The molecular weight excluding hydrogens is 464 g/mol. The van der Waals surface area contributed by atoms with Gasteiger partial charge < -0.3 is 19.9 Å². The fraction of sp³-hybridized carbons (Fsp3) is 0.300. The predicted molar refractivity (Wildman–Crippen MR) is 143 cm³/mol. The number of fused-ring (bicyclic) bond motifs is 2. The molecule has 0 unspecified atom stereocenters. The van der Waals surface area contributed by atoms with Gasteiger partial charge in [0.25, 0.3) is 5.91 Å². The Balaban J connectivity index is 1.55. The van der Waals surface area contributed by atoms with Crippen molar-refractivity contribution in [3.05, 3.63) is 95.3 Å². The summed E-state index contributed by atoms with van der Waals surface area (Å²) < 4.78 is 5.33. The molecule has 7 heteroatoms. The molecule has 37 heavy (non-hydrogen) atoms. The molecular formula is C30H32N4O3. The third-order valence-electron chi connectivity index (χ3n) is 7.08. The van der Waals surface area contributed by atoms with Gasteiger partial charge in [-0.2, -0.15) is 0 Å². The van der Waals surface area contributed by atoms with Crippen LogP contribution in [-0.2, 0) is 4.79 Å². The Morgan fingerprint density at radius 1 is 1.05 bits per heavy atom. The molecule has 3 aromatic carbocycles. The average molecular weight is 497 g/mol. The van der Waals surface area contributed by atoms with Crippen molar-refractivity contribution < 1.29 is 14.3 Å². The Morgan fingerprint density at radius 2 is 1.76 bits per heavy atom. The van der Waals surface area contributed by atoms with Crippen molar-refractivity contribution in [3.63, 3.8) is 0 Å². The van der Waals surface area contributed by atoms with Crippen molar-refractivity contribution in [2.24, 2.45) is 5.92 Å². The summed E-state index contributed by atoms with van der Waals surface area (Å²) in [4.78, 5) is 37.4. The zero-order chi connectivity index (χ0) is 26.1. The molecule has 3 atom stereocenters. The van der Waals surface area contributed by atoms with E-state index in [0.29, 0.717) is 11.5 Å². The summed E-state index contributed by atoms with van der Waals surface area (Å²) in [5, 5.41) is 3.30. The van der Waals surface area contributed by atoms with Crippen LogP contribution < -0.4 is 10.1 Å². The number of likely N-dealkylation sites (N-methyl/N-ethyl adjacent to an activating group) is 1. The summed E-state index contributed by atoms with van der Waals surface area (Å²) in [7, 11) is 3.38. The van der Waals surface area contributed by atoms with Crippen molar-refractivity contribution in [2.75, 3.05) is 14.2 Å². The number of methoxy groups -OCH3 is 1. The summed E-state index contributed by atoms with van der Waals surface area (Å²) in [6.45, 7) is 4.26.